The Morgan fingerprint density at radius 2 is 1.57 bits per heavy atom. The number of benzene rings is 1. The van der Waals surface area contributed by atoms with Gasteiger partial charge in [0, 0.05) is 0 Å². The fraction of sp³-hybridized carbons (Fsp3) is 0.438. The largest absolute Gasteiger partial charge is 0.335 e. The van der Waals surface area contributed by atoms with Gasteiger partial charge in [0.2, 0.25) is 5.91 Å². The molecule has 1 aromatic rings. The van der Waals surface area contributed by atoms with Gasteiger partial charge in [-0.3, -0.25) is 14.9 Å². The first-order chi connectivity index (χ1) is 9.89. The summed E-state index contributed by atoms with van der Waals surface area (Å²) in [5, 5.41) is 2.33. The summed E-state index contributed by atoms with van der Waals surface area (Å²) in [5.74, 6) is -0.927. The van der Waals surface area contributed by atoms with Crippen molar-refractivity contribution in [2.24, 2.45) is 5.41 Å². The predicted molar refractivity (Wildman–Crippen MR) is 80.0 cm³/mol. The van der Waals surface area contributed by atoms with E-state index in [-0.39, 0.29) is 0 Å². The van der Waals surface area contributed by atoms with Gasteiger partial charge in [0.05, 0.1) is 5.69 Å². The molecule has 0 aromatic heterocycles. The van der Waals surface area contributed by atoms with Crippen molar-refractivity contribution in [1.82, 2.24) is 5.32 Å². The van der Waals surface area contributed by atoms with Crippen molar-refractivity contribution in [3.63, 3.8) is 0 Å². The smallest absolute Gasteiger partial charge is 0.276 e. The third-order valence-electron chi connectivity index (χ3n) is 4.34. The standard InChI is InChI=1S/C16H20N2O3/c1-5-16(6-2)13(19)17-15(21)18(14(16)20)12-10(3)8-7-9-11(12)4/h7-9H,5-6H2,1-4H3,(H,17,19,21). The summed E-state index contributed by atoms with van der Waals surface area (Å²) in [6, 6.07) is 4.90. The van der Waals surface area contributed by atoms with Crippen LogP contribution in [0.5, 0.6) is 0 Å². The Morgan fingerprint density at radius 1 is 1.05 bits per heavy atom. The van der Waals surface area contributed by atoms with Crippen LogP contribution in [0.3, 0.4) is 0 Å². The van der Waals surface area contributed by atoms with Crippen LogP contribution in [0.15, 0.2) is 18.2 Å². The number of hydrogen-bond donors (Lipinski definition) is 1. The molecular formula is C16H20N2O3. The summed E-state index contributed by atoms with van der Waals surface area (Å²) >= 11 is 0. The number of carbonyl (C=O) groups excluding carboxylic acids is 3. The molecule has 1 heterocycles. The summed E-state index contributed by atoms with van der Waals surface area (Å²) < 4.78 is 0. The van der Waals surface area contributed by atoms with Gasteiger partial charge in [0.1, 0.15) is 5.41 Å². The number of rotatable bonds is 3. The van der Waals surface area contributed by atoms with E-state index < -0.39 is 23.3 Å². The van der Waals surface area contributed by atoms with Crippen molar-refractivity contribution in [3.8, 4) is 0 Å². The lowest BCUT2D eigenvalue weighted by Crippen LogP contribution is -2.64. The van der Waals surface area contributed by atoms with Crippen LogP contribution in [0.25, 0.3) is 0 Å². The van der Waals surface area contributed by atoms with Crippen LogP contribution in [0.2, 0.25) is 0 Å². The van der Waals surface area contributed by atoms with Gasteiger partial charge in [0.25, 0.3) is 5.91 Å². The van der Waals surface area contributed by atoms with Gasteiger partial charge in [-0.1, -0.05) is 32.0 Å². The summed E-state index contributed by atoms with van der Waals surface area (Å²) in [6.07, 6.45) is 0.728. The molecule has 2 rings (SSSR count). The van der Waals surface area contributed by atoms with Crippen LogP contribution in [0.1, 0.15) is 37.8 Å². The fourth-order valence-corrected chi connectivity index (χ4v) is 2.91. The van der Waals surface area contributed by atoms with Gasteiger partial charge in [-0.05, 0) is 37.8 Å². The van der Waals surface area contributed by atoms with Crippen molar-refractivity contribution in [2.75, 3.05) is 4.90 Å². The number of barbiturate groups is 1. The van der Waals surface area contributed by atoms with E-state index in [1.807, 2.05) is 32.0 Å². The maximum atomic E-state index is 12.9. The molecule has 5 nitrogen and oxygen atoms in total. The zero-order valence-corrected chi connectivity index (χ0v) is 12.8. The quantitative estimate of drug-likeness (QED) is 0.870. The lowest BCUT2D eigenvalue weighted by atomic mass is 9.78. The highest BCUT2D eigenvalue weighted by molar-refractivity contribution is 6.30. The highest BCUT2D eigenvalue weighted by Gasteiger charge is 2.52. The Kier molecular flexibility index (Phi) is 3.85. The lowest BCUT2D eigenvalue weighted by Gasteiger charge is -2.39. The molecule has 0 aliphatic carbocycles. The Labute approximate surface area is 124 Å². The number of hydrogen-bond acceptors (Lipinski definition) is 3. The van der Waals surface area contributed by atoms with Crippen molar-refractivity contribution in [1.29, 1.82) is 0 Å². The molecule has 0 spiro atoms. The molecule has 1 N–H and O–H groups in total. The minimum Gasteiger partial charge on any atom is -0.276 e. The number of para-hydroxylation sites is 1. The van der Waals surface area contributed by atoms with Crippen LogP contribution in [-0.4, -0.2) is 17.8 Å². The second-order valence-corrected chi connectivity index (χ2v) is 5.43. The second-order valence-electron chi connectivity index (χ2n) is 5.43. The molecule has 1 aromatic carbocycles. The third-order valence-corrected chi connectivity index (χ3v) is 4.34. The van der Waals surface area contributed by atoms with Crippen LogP contribution >= 0.6 is 0 Å². The molecule has 5 heteroatoms. The molecule has 1 aliphatic heterocycles. The van der Waals surface area contributed by atoms with E-state index in [1.165, 1.54) is 0 Å². The normalized spacial score (nSPS) is 17.9. The maximum absolute atomic E-state index is 12.9. The van der Waals surface area contributed by atoms with Gasteiger partial charge in [0.15, 0.2) is 0 Å². The molecule has 112 valence electrons. The Hall–Kier alpha value is -2.17. The van der Waals surface area contributed by atoms with E-state index in [0.29, 0.717) is 18.5 Å². The minimum absolute atomic E-state index is 0.364. The van der Waals surface area contributed by atoms with Gasteiger partial charge in [-0.15, -0.1) is 0 Å². The number of carbonyl (C=O) groups is 3. The van der Waals surface area contributed by atoms with Gasteiger partial charge in [-0.2, -0.15) is 0 Å². The predicted octanol–water partition coefficient (Wildman–Crippen LogP) is 2.69. The van der Waals surface area contributed by atoms with E-state index in [9.17, 15) is 14.4 Å². The maximum Gasteiger partial charge on any atom is 0.335 e. The average Bonchev–Trinajstić information content (AvgIpc) is 2.43. The van der Waals surface area contributed by atoms with Crippen molar-refractivity contribution >= 4 is 23.5 Å². The minimum atomic E-state index is -1.16. The fourth-order valence-electron chi connectivity index (χ4n) is 2.91. The lowest BCUT2D eigenvalue weighted by molar-refractivity contribution is -0.143. The molecule has 0 saturated carbocycles. The first-order valence-electron chi connectivity index (χ1n) is 7.15. The summed E-state index contributed by atoms with van der Waals surface area (Å²) in [7, 11) is 0. The van der Waals surface area contributed by atoms with Crippen LogP contribution in [-0.2, 0) is 9.59 Å². The number of amides is 4. The summed E-state index contributed by atoms with van der Waals surface area (Å²) in [4.78, 5) is 38.4. The number of nitrogens with one attached hydrogen (secondary N) is 1. The van der Waals surface area contributed by atoms with E-state index in [2.05, 4.69) is 5.32 Å². The van der Waals surface area contributed by atoms with Crippen LogP contribution < -0.4 is 10.2 Å². The summed E-state index contributed by atoms with van der Waals surface area (Å²) in [6.45, 7) is 7.27. The van der Waals surface area contributed by atoms with Crippen LogP contribution in [0.4, 0.5) is 10.5 Å². The average molecular weight is 288 g/mol. The molecular weight excluding hydrogens is 268 g/mol. The molecule has 4 amide bonds. The van der Waals surface area contributed by atoms with E-state index in [0.717, 1.165) is 16.0 Å². The van der Waals surface area contributed by atoms with E-state index in [4.69, 9.17) is 0 Å². The molecule has 1 aliphatic rings. The first kappa shape index (κ1) is 15.2. The molecule has 0 atom stereocenters. The Bertz CT molecular complexity index is 598. The third kappa shape index (κ3) is 2.13. The molecule has 1 fully saturated rings. The van der Waals surface area contributed by atoms with E-state index in [1.54, 1.807) is 13.8 Å². The Balaban J connectivity index is 2.61. The van der Waals surface area contributed by atoms with Gasteiger partial charge >= 0.3 is 6.03 Å². The van der Waals surface area contributed by atoms with Crippen molar-refractivity contribution < 1.29 is 14.4 Å². The zero-order valence-electron chi connectivity index (χ0n) is 12.8. The second kappa shape index (κ2) is 5.31. The monoisotopic (exact) mass is 288 g/mol. The summed E-state index contributed by atoms with van der Waals surface area (Å²) in [5.41, 5.74) is 1.06. The SMILES string of the molecule is CCC1(CC)C(=O)NC(=O)N(c2c(C)cccc2C)C1=O. The van der Waals surface area contributed by atoms with Crippen molar-refractivity contribution in [2.45, 2.75) is 40.5 Å². The highest BCUT2D eigenvalue weighted by atomic mass is 16.2. The van der Waals surface area contributed by atoms with Gasteiger partial charge < -0.3 is 0 Å². The molecule has 0 radical (unpaired) electrons. The first-order valence-corrected chi connectivity index (χ1v) is 7.15. The number of anilines is 1. The number of imide groups is 2. The molecule has 1 saturated heterocycles. The molecule has 0 bridgehead atoms. The number of aryl methyl sites for hydroxylation is 2. The molecule has 0 unspecified atom stereocenters. The highest BCUT2D eigenvalue weighted by Crippen LogP contribution is 2.36. The number of urea groups is 1. The number of nitrogens with zero attached hydrogens (tertiary/aromatic N) is 1. The zero-order chi connectivity index (χ0) is 15.8. The van der Waals surface area contributed by atoms with Gasteiger partial charge in [-0.25, -0.2) is 9.69 Å². The van der Waals surface area contributed by atoms with Crippen molar-refractivity contribution in [3.05, 3.63) is 29.3 Å². The van der Waals surface area contributed by atoms with E-state index >= 15 is 0 Å². The Morgan fingerprint density at radius 3 is 2.05 bits per heavy atom. The topological polar surface area (TPSA) is 66.5 Å². The molecule has 21 heavy (non-hydrogen) atoms. The van der Waals surface area contributed by atoms with Crippen LogP contribution in [0, 0.1) is 19.3 Å².